The summed E-state index contributed by atoms with van der Waals surface area (Å²) in [6, 6.07) is 9.33. The highest BCUT2D eigenvalue weighted by molar-refractivity contribution is 5.95. The number of piperazine rings is 1. The molecule has 2 aromatic rings. The van der Waals surface area contributed by atoms with Crippen LogP contribution in [-0.2, 0) is 0 Å². The van der Waals surface area contributed by atoms with Gasteiger partial charge >= 0.3 is 0 Å². The van der Waals surface area contributed by atoms with Crippen molar-refractivity contribution in [3.8, 4) is 17.2 Å². The van der Waals surface area contributed by atoms with E-state index in [0.29, 0.717) is 49.1 Å². The zero-order valence-electron chi connectivity index (χ0n) is 14.7. The van der Waals surface area contributed by atoms with E-state index in [4.69, 9.17) is 14.2 Å². The fourth-order valence-electron chi connectivity index (χ4n) is 3.26. The van der Waals surface area contributed by atoms with Crippen LogP contribution in [0.2, 0.25) is 0 Å². The number of hydrogen-bond acceptors (Lipinski definition) is 6. The van der Waals surface area contributed by atoms with Crippen molar-refractivity contribution in [2.24, 2.45) is 0 Å². The first-order valence-corrected chi connectivity index (χ1v) is 8.69. The predicted octanol–water partition coefficient (Wildman–Crippen LogP) is 1.82. The third-order valence-electron chi connectivity index (χ3n) is 4.62. The van der Waals surface area contributed by atoms with Crippen LogP contribution in [0.1, 0.15) is 10.4 Å². The second-order valence-corrected chi connectivity index (χ2v) is 6.17. The first kappa shape index (κ1) is 16.5. The minimum absolute atomic E-state index is 0.0269. The van der Waals surface area contributed by atoms with Crippen molar-refractivity contribution < 1.29 is 19.0 Å². The second kappa shape index (κ2) is 7.11. The number of pyridine rings is 1. The minimum atomic E-state index is -0.0269. The van der Waals surface area contributed by atoms with Gasteiger partial charge in [0.05, 0.1) is 7.11 Å². The van der Waals surface area contributed by atoms with E-state index in [1.807, 2.05) is 23.1 Å². The van der Waals surface area contributed by atoms with Crippen LogP contribution in [0.15, 0.2) is 36.5 Å². The molecular formula is C19H21N3O4. The van der Waals surface area contributed by atoms with E-state index < -0.39 is 0 Å². The van der Waals surface area contributed by atoms with Crippen molar-refractivity contribution in [1.82, 2.24) is 9.88 Å². The number of methoxy groups -OCH3 is 1. The predicted molar refractivity (Wildman–Crippen MR) is 96.3 cm³/mol. The van der Waals surface area contributed by atoms with Crippen molar-refractivity contribution in [2.75, 3.05) is 51.4 Å². The Labute approximate surface area is 152 Å². The topological polar surface area (TPSA) is 64.1 Å². The number of benzene rings is 1. The quantitative estimate of drug-likeness (QED) is 0.837. The van der Waals surface area contributed by atoms with Gasteiger partial charge in [-0.25, -0.2) is 4.98 Å². The summed E-state index contributed by atoms with van der Waals surface area (Å²) in [5.41, 5.74) is 0.553. The van der Waals surface area contributed by atoms with Gasteiger partial charge in [0.1, 0.15) is 19.0 Å². The number of ether oxygens (including phenoxy) is 3. The van der Waals surface area contributed by atoms with Crippen molar-refractivity contribution in [2.45, 2.75) is 0 Å². The number of carbonyl (C=O) groups is 1. The van der Waals surface area contributed by atoms with Crippen molar-refractivity contribution in [3.05, 3.63) is 42.1 Å². The van der Waals surface area contributed by atoms with Crippen LogP contribution in [0.4, 0.5) is 5.82 Å². The molecule has 26 heavy (non-hydrogen) atoms. The number of aromatic nitrogens is 1. The lowest BCUT2D eigenvalue weighted by Crippen LogP contribution is -2.49. The van der Waals surface area contributed by atoms with Crippen molar-refractivity contribution in [1.29, 1.82) is 0 Å². The van der Waals surface area contributed by atoms with Crippen molar-refractivity contribution in [3.63, 3.8) is 0 Å². The van der Waals surface area contributed by atoms with Gasteiger partial charge in [-0.3, -0.25) is 4.79 Å². The normalized spacial score (nSPS) is 16.3. The van der Waals surface area contributed by atoms with Crippen LogP contribution in [-0.4, -0.2) is 62.3 Å². The molecule has 2 aliphatic heterocycles. The molecule has 0 bridgehead atoms. The Kier molecular flexibility index (Phi) is 4.51. The molecule has 136 valence electrons. The molecule has 0 radical (unpaired) electrons. The summed E-state index contributed by atoms with van der Waals surface area (Å²) in [6.07, 6.45) is 1.79. The number of anilines is 1. The van der Waals surface area contributed by atoms with E-state index in [-0.39, 0.29) is 5.91 Å². The maximum atomic E-state index is 12.9. The van der Waals surface area contributed by atoms with E-state index in [1.165, 1.54) is 0 Å². The minimum Gasteiger partial charge on any atom is -0.493 e. The Hall–Kier alpha value is -2.96. The smallest absolute Gasteiger partial charge is 0.254 e. The number of nitrogens with zero attached hydrogens (tertiary/aromatic N) is 3. The second-order valence-electron chi connectivity index (χ2n) is 6.17. The Morgan fingerprint density at radius 3 is 2.65 bits per heavy atom. The number of fused-ring (bicyclic) bond motifs is 1. The molecule has 4 rings (SSSR count). The zero-order chi connectivity index (χ0) is 17.9. The molecule has 1 amide bonds. The fourth-order valence-corrected chi connectivity index (χ4v) is 3.26. The molecule has 0 atom stereocenters. The highest BCUT2D eigenvalue weighted by Crippen LogP contribution is 2.40. The zero-order valence-corrected chi connectivity index (χ0v) is 14.7. The van der Waals surface area contributed by atoms with Gasteiger partial charge in [-0.1, -0.05) is 6.07 Å². The average molecular weight is 355 g/mol. The average Bonchev–Trinajstić information content (AvgIpc) is 2.73. The Balaban J connectivity index is 1.49. The Bertz CT molecular complexity index is 772. The summed E-state index contributed by atoms with van der Waals surface area (Å²) in [6.45, 7) is 3.75. The summed E-state index contributed by atoms with van der Waals surface area (Å²) in [4.78, 5) is 21.4. The first-order valence-electron chi connectivity index (χ1n) is 8.69. The van der Waals surface area contributed by atoms with Gasteiger partial charge in [0.2, 0.25) is 5.75 Å². The lowest BCUT2D eigenvalue weighted by atomic mass is 10.1. The standard InChI is InChI=1S/C19H21N3O4/c1-24-15-12-14(13-16-18(15)26-11-10-25-16)19(23)22-8-6-21(7-9-22)17-4-2-3-5-20-17/h2-5,12-13H,6-11H2,1H3. The van der Waals surface area contributed by atoms with Crippen LogP contribution in [0, 0.1) is 0 Å². The van der Waals surface area contributed by atoms with Gasteiger partial charge < -0.3 is 24.0 Å². The molecule has 1 saturated heterocycles. The maximum Gasteiger partial charge on any atom is 0.254 e. The van der Waals surface area contributed by atoms with Crippen LogP contribution < -0.4 is 19.1 Å². The first-order chi connectivity index (χ1) is 12.8. The molecule has 0 unspecified atom stereocenters. The van der Waals surface area contributed by atoms with Gasteiger partial charge in [0.15, 0.2) is 11.5 Å². The summed E-state index contributed by atoms with van der Waals surface area (Å²) in [7, 11) is 1.56. The van der Waals surface area contributed by atoms with Gasteiger partial charge in [-0.15, -0.1) is 0 Å². The van der Waals surface area contributed by atoms with Crippen molar-refractivity contribution >= 4 is 11.7 Å². The molecule has 3 heterocycles. The number of rotatable bonds is 3. The molecule has 0 aliphatic carbocycles. The summed E-state index contributed by atoms with van der Waals surface area (Å²) in [5.74, 6) is 2.57. The summed E-state index contributed by atoms with van der Waals surface area (Å²) >= 11 is 0. The molecule has 1 aromatic carbocycles. The number of hydrogen-bond donors (Lipinski definition) is 0. The third kappa shape index (κ3) is 3.12. The highest BCUT2D eigenvalue weighted by atomic mass is 16.6. The number of carbonyl (C=O) groups excluding carboxylic acids is 1. The fraction of sp³-hybridized carbons (Fsp3) is 0.368. The van der Waals surface area contributed by atoms with Gasteiger partial charge in [0.25, 0.3) is 5.91 Å². The summed E-state index contributed by atoms with van der Waals surface area (Å²) < 4.78 is 16.6. The molecule has 0 spiro atoms. The SMILES string of the molecule is COc1cc(C(=O)N2CCN(c3ccccn3)CC2)cc2c1OCCO2. The van der Waals surface area contributed by atoms with E-state index >= 15 is 0 Å². The third-order valence-corrected chi connectivity index (χ3v) is 4.62. The van der Waals surface area contributed by atoms with Crippen LogP contribution in [0.3, 0.4) is 0 Å². The van der Waals surface area contributed by atoms with Crippen LogP contribution >= 0.6 is 0 Å². The van der Waals surface area contributed by atoms with Crippen LogP contribution in [0.5, 0.6) is 17.2 Å². The number of amides is 1. The van der Waals surface area contributed by atoms with Gasteiger partial charge in [0, 0.05) is 37.9 Å². The van der Waals surface area contributed by atoms with Gasteiger partial charge in [-0.2, -0.15) is 0 Å². The highest BCUT2D eigenvalue weighted by Gasteiger charge is 2.26. The molecular weight excluding hydrogens is 334 g/mol. The molecule has 0 saturated carbocycles. The van der Waals surface area contributed by atoms with E-state index in [2.05, 4.69) is 9.88 Å². The lowest BCUT2D eigenvalue weighted by Gasteiger charge is -2.35. The van der Waals surface area contributed by atoms with E-state index in [1.54, 1.807) is 25.4 Å². The lowest BCUT2D eigenvalue weighted by molar-refractivity contribution is 0.0744. The monoisotopic (exact) mass is 355 g/mol. The largest absolute Gasteiger partial charge is 0.493 e. The maximum absolute atomic E-state index is 12.9. The molecule has 1 aromatic heterocycles. The molecule has 0 N–H and O–H groups in total. The molecule has 2 aliphatic rings. The van der Waals surface area contributed by atoms with E-state index in [9.17, 15) is 4.79 Å². The Morgan fingerprint density at radius 2 is 1.92 bits per heavy atom. The van der Waals surface area contributed by atoms with Crippen LogP contribution in [0.25, 0.3) is 0 Å². The van der Waals surface area contributed by atoms with E-state index in [0.717, 1.165) is 18.9 Å². The summed E-state index contributed by atoms with van der Waals surface area (Å²) in [5, 5.41) is 0. The molecule has 7 heteroatoms. The Morgan fingerprint density at radius 1 is 1.12 bits per heavy atom. The molecule has 7 nitrogen and oxygen atoms in total. The molecule has 1 fully saturated rings. The van der Waals surface area contributed by atoms with Gasteiger partial charge in [-0.05, 0) is 24.3 Å².